The summed E-state index contributed by atoms with van der Waals surface area (Å²) in [5.41, 5.74) is 6.52. The predicted molar refractivity (Wildman–Crippen MR) is 106 cm³/mol. The molecule has 0 aliphatic carbocycles. The molecule has 7 nitrogen and oxygen atoms in total. The Morgan fingerprint density at radius 2 is 1.68 bits per heavy atom. The number of hydrogen-bond donors (Lipinski definition) is 2. The molecule has 2 amide bonds. The molecule has 2 rings (SSSR count). The molecule has 150 valence electrons. The summed E-state index contributed by atoms with van der Waals surface area (Å²) in [5.74, 6) is -0.338. The van der Waals surface area contributed by atoms with Gasteiger partial charge in [0.15, 0.2) is 6.61 Å². The van der Waals surface area contributed by atoms with Crippen molar-refractivity contribution in [2.45, 2.75) is 20.0 Å². The minimum atomic E-state index is -0.708. The highest BCUT2D eigenvalue weighted by molar-refractivity contribution is 5.85. The van der Waals surface area contributed by atoms with E-state index < -0.39 is 17.9 Å². The molecule has 2 aromatic carbocycles. The fourth-order valence-electron chi connectivity index (χ4n) is 2.36. The quantitative estimate of drug-likeness (QED) is 0.483. The van der Waals surface area contributed by atoms with Gasteiger partial charge in [0.05, 0.1) is 13.2 Å². The maximum atomic E-state index is 12.0. The number of benzene rings is 2. The van der Waals surface area contributed by atoms with E-state index in [1.165, 1.54) is 0 Å². The van der Waals surface area contributed by atoms with Gasteiger partial charge in [-0.1, -0.05) is 48.5 Å². The summed E-state index contributed by atoms with van der Waals surface area (Å²) in [7, 11) is 0. The Morgan fingerprint density at radius 1 is 0.964 bits per heavy atom. The van der Waals surface area contributed by atoms with Crippen LogP contribution in [0.1, 0.15) is 13.8 Å². The van der Waals surface area contributed by atoms with E-state index in [0.29, 0.717) is 25.6 Å². The average Bonchev–Trinajstić information content (AvgIpc) is 2.74. The van der Waals surface area contributed by atoms with Gasteiger partial charge in [-0.05, 0) is 25.5 Å². The van der Waals surface area contributed by atoms with E-state index in [1.807, 2.05) is 55.5 Å². The predicted octanol–water partition coefficient (Wildman–Crippen LogP) is 2.32. The van der Waals surface area contributed by atoms with Crippen LogP contribution in [0.4, 0.5) is 0 Å². The van der Waals surface area contributed by atoms with E-state index >= 15 is 0 Å². The first-order chi connectivity index (χ1) is 13.6. The molecule has 0 aliphatic rings. The fourth-order valence-corrected chi connectivity index (χ4v) is 2.36. The van der Waals surface area contributed by atoms with E-state index in [9.17, 15) is 9.59 Å². The minimum Gasteiger partial charge on any atom is -0.483 e. The number of carbonyl (C=O) groups excluding carboxylic acids is 2. The van der Waals surface area contributed by atoms with Gasteiger partial charge in [-0.2, -0.15) is 0 Å². The lowest BCUT2D eigenvalue weighted by molar-refractivity contribution is -0.137. The Balaban J connectivity index is 1.78. The van der Waals surface area contributed by atoms with Gasteiger partial charge in [0, 0.05) is 12.2 Å². The number of ether oxygens (including phenoxy) is 3. The first kappa shape index (κ1) is 21.4. The van der Waals surface area contributed by atoms with Crippen molar-refractivity contribution in [3.05, 3.63) is 54.6 Å². The number of hydrazine groups is 1. The van der Waals surface area contributed by atoms with Crippen LogP contribution in [0.2, 0.25) is 0 Å². The summed E-state index contributed by atoms with van der Waals surface area (Å²) in [6.07, 6.45) is -0.708. The third-order valence-corrected chi connectivity index (χ3v) is 3.82. The standard InChI is InChI=1S/C21H26N2O5/c1-3-26-13-14-27-16(2)21(25)23-22-20(24)15-28-19-12-8-7-11-18(19)17-9-5-4-6-10-17/h4-12,16H,3,13-15H2,1-2H3,(H,22,24)(H,23,25). The lowest BCUT2D eigenvalue weighted by Crippen LogP contribution is -2.48. The lowest BCUT2D eigenvalue weighted by Gasteiger charge is -2.15. The van der Waals surface area contributed by atoms with Gasteiger partial charge in [0.25, 0.3) is 11.8 Å². The van der Waals surface area contributed by atoms with Crippen molar-refractivity contribution in [1.82, 2.24) is 10.9 Å². The van der Waals surface area contributed by atoms with Crippen LogP contribution >= 0.6 is 0 Å². The molecule has 1 unspecified atom stereocenters. The topological polar surface area (TPSA) is 85.9 Å². The zero-order valence-electron chi connectivity index (χ0n) is 16.1. The number of para-hydroxylation sites is 1. The smallest absolute Gasteiger partial charge is 0.276 e. The molecule has 0 aromatic heterocycles. The molecule has 7 heteroatoms. The summed E-state index contributed by atoms with van der Waals surface area (Å²) in [4.78, 5) is 23.9. The maximum Gasteiger partial charge on any atom is 0.276 e. The first-order valence-electron chi connectivity index (χ1n) is 9.17. The molecule has 0 spiro atoms. The second-order valence-corrected chi connectivity index (χ2v) is 5.90. The van der Waals surface area contributed by atoms with Crippen LogP contribution in [-0.4, -0.2) is 44.3 Å². The third-order valence-electron chi connectivity index (χ3n) is 3.82. The third kappa shape index (κ3) is 7.02. The second-order valence-electron chi connectivity index (χ2n) is 5.90. The van der Waals surface area contributed by atoms with Gasteiger partial charge in [0.2, 0.25) is 0 Å². The Morgan fingerprint density at radius 3 is 2.43 bits per heavy atom. The normalized spacial score (nSPS) is 11.5. The Labute approximate surface area is 165 Å². The summed E-state index contributed by atoms with van der Waals surface area (Å²) in [6, 6.07) is 17.2. The Bertz CT molecular complexity index is 751. The molecule has 0 saturated heterocycles. The van der Waals surface area contributed by atoms with Crippen molar-refractivity contribution < 1.29 is 23.8 Å². The molecule has 0 heterocycles. The first-order valence-corrected chi connectivity index (χ1v) is 9.17. The highest BCUT2D eigenvalue weighted by atomic mass is 16.5. The SMILES string of the molecule is CCOCCOC(C)C(=O)NNC(=O)COc1ccccc1-c1ccccc1. The molecule has 2 aromatic rings. The van der Waals surface area contributed by atoms with E-state index in [0.717, 1.165) is 11.1 Å². The van der Waals surface area contributed by atoms with Crippen LogP contribution in [0.5, 0.6) is 5.75 Å². The molecule has 28 heavy (non-hydrogen) atoms. The molecular weight excluding hydrogens is 360 g/mol. The zero-order valence-corrected chi connectivity index (χ0v) is 16.1. The van der Waals surface area contributed by atoms with Crippen LogP contribution in [0.25, 0.3) is 11.1 Å². The molecular formula is C21H26N2O5. The summed E-state index contributed by atoms with van der Waals surface area (Å²) >= 11 is 0. The van der Waals surface area contributed by atoms with Crippen LogP contribution in [0.15, 0.2) is 54.6 Å². The maximum absolute atomic E-state index is 12.0. The van der Waals surface area contributed by atoms with E-state index in [-0.39, 0.29) is 6.61 Å². The second kappa shape index (κ2) is 11.7. The van der Waals surface area contributed by atoms with Crippen molar-refractivity contribution in [2.24, 2.45) is 0 Å². The van der Waals surface area contributed by atoms with E-state index in [2.05, 4.69) is 10.9 Å². The molecule has 1 atom stereocenters. The van der Waals surface area contributed by atoms with Crippen molar-refractivity contribution in [3.63, 3.8) is 0 Å². The molecule has 0 saturated carbocycles. The molecule has 2 N–H and O–H groups in total. The number of hydrogen-bond acceptors (Lipinski definition) is 5. The van der Waals surface area contributed by atoms with Crippen molar-refractivity contribution >= 4 is 11.8 Å². The largest absolute Gasteiger partial charge is 0.483 e. The lowest BCUT2D eigenvalue weighted by atomic mass is 10.1. The van der Waals surface area contributed by atoms with Crippen LogP contribution in [0, 0.1) is 0 Å². The molecule has 0 bridgehead atoms. The molecule has 0 aliphatic heterocycles. The van der Waals surface area contributed by atoms with Gasteiger partial charge in [0.1, 0.15) is 11.9 Å². The van der Waals surface area contributed by atoms with Gasteiger partial charge >= 0.3 is 0 Å². The number of rotatable bonds is 10. The fraction of sp³-hybridized carbons (Fsp3) is 0.333. The summed E-state index contributed by atoms with van der Waals surface area (Å²) < 4.78 is 16.1. The zero-order chi connectivity index (χ0) is 20.2. The van der Waals surface area contributed by atoms with Crippen molar-refractivity contribution in [3.8, 4) is 16.9 Å². The average molecular weight is 386 g/mol. The number of amides is 2. The summed E-state index contributed by atoms with van der Waals surface area (Å²) in [6.45, 7) is 4.55. The Kier molecular flexibility index (Phi) is 8.97. The Hall–Kier alpha value is -2.90. The van der Waals surface area contributed by atoms with Crippen molar-refractivity contribution in [2.75, 3.05) is 26.4 Å². The highest BCUT2D eigenvalue weighted by Gasteiger charge is 2.14. The van der Waals surface area contributed by atoms with Crippen molar-refractivity contribution in [1.29, 1.82) is 0 Å². The van der Waals surface area contributed by atoms with Gasteiger partial charge in [-0.3, -0.25) is 20.4 Å². The minimum absolute atomic E-state index is 0.232. The molecule has 0 fully saturated rings. The van der Waals surface area contributed by atoms with Gasteiger partial charge in [-0.25, -0.2) is 0 Å². The molecule has 0 radical (unpaired) electrons. The monoisotopic (exact) mass is 386 g/mol. The van der Waals surface area contributed by atoms with Gasteiger partial charge in [-0.15, -0.1) is 0 Å². The van der Waals surface area contributed by atoms with Crippen LogP contribution < -0.4 is 15.6 Å². The van der Waals surface area contributed by atoms with Crippen LogP contribution in [-0.2, 0) is 19.1 Å². The van der Waals surface area contributed by atoms with Gasteiger partial charge < -0.3 is 14.2 Å². The van der Waals surface area contributed by atoms with E-state index in [4.69, 9.17) is 14.2 Å². The number of nitrogens with one attached hydrogen (secondary N) is 2. The number of carbonyl (C=O) groups is 2. The van der Waals surface area contributed by atoms with E-state index in [1.54, 1.807) is 13.0 Å². The summed E-state index contributed by atoms with van der Waals surface area (Å²) in [5, 5.41) is 0. The highest BCUT2D eigenvalue weighted by Crippen LogP contribution is 2.29. The van der Waals surface area contributed by atoms with Crippen LogP contribution in [0.3, 0.4) is 0 Å².